The number of fused-ring (bicyclic) bond motifs is 1. The number of nitrogens with zero attached hydrogens (tertiary/aromatic N) is 2. The molecule has 1 N–H and O–H groups in total. The van der Waals surface area contributed by atoms with Crippen LogP contribution in [-0.4, -0.2) is 27.5 Å². The van der Waals surface area contributed by atoms with Crippen LogP contribution in [0.15, 0.2) is 0 Å². The van der Waals surface area contributed by atoms with E-state index in [1.54, 1.807) is 11.6 Å². The molecular formula is C9H12N2O3. The largest absolute Gasteiger partial charge is 0.477 e. The molecule has 0 aliphatic carbocycles. The molecule has 0 saturated carbocycles. The summed E-state index contributed by atoms with van der Waals surface area (Å²) in [6.45, 7) is 5.01. The summed E-state index contributed by atoms with van der Waals surface area (Å²) in [7, 11) is 0. The quantitative estimate of drug-likeness (QED) is 0.725. The molecule has 0 aromatic carbocycles. The molecule has 14 heavy (non-hydrogen) atoms. The van der Waals surface area contributed by atoms with Crippen LogP contribution in [0.1, 0.15) is 23.0 Å². The predicted molar refractivity (Wildman–Crippen MR) is 48.6 cm³/mol. The summed E-state index contributed by atoms with van der Waals surface area (Å²) in [6.07, 6.45) is 0. The minimum Gasteiger partial charge on any atom is -0.477 e. The number of rotatable bonds is 1. The molecule has 1 unspecified atom stereocenters. The average Bonchev–Trinajstić information content (AvgIpc) is 2.39. The van der Waals surface area contributed by atoms with Gasteiger partial charge in [0.15, 0.2) is 0 Å². The molecule has 1 aromatic heterocycles. The molecule has 0 saturated heterocycles. The Morgan fingerprint density at radius 1 is 1.71 bits per heavy atom. The van der Waals surface area contributed by atoms with Gasteiger partial charge in [-0.25, -0.2) is 9.48 Å². The van der Waals surface area contributed by atoms with Crippen molar-refractivity contribution >= 4 is 5.97 Å². The van der Waals surface area contributed by atoms with E-state index in [1.165, 1.54) is 0 Å². The molecule has 0 radical (unpaired) electrons. The topological polar surface area (TPSA) is 64.4 Å². The lowest BCUT2D eigenvalue weighted by Gasteiger charge is -2.20. The number of carboxylic acids is 1. The Hall–Kier alpha value is -1.52. The van der Waals surface area contributed by atoms with E-state index in [4.69, 9.17) is 9.84 Å². The first kappa shape index (κ1) is 9.05. The highest BCUT2D eigenvalue weighted by molar-refractivity contribution is 5.91. The zero-order valence-electron chi connectivity index (χ0n) is 8.15. The van der Waals surface area contributed by atoms with Gasteiger partial charge in [-0.1, -0.05) is 6.92 Å². The lowest BCUT2D eigenvalue weighted by molar-refractivity contribution is 0.0686. The number of hydrogen-bond acceptors (Lipinski definition) is 3. The smallest absolute Gasteiger partial charge is 0.343 e. The van der Waals surface area contributed by atoms with Crippen LogP contribution in [0, 0.1) is 12.8 Å². The molecule has 5 heteroatoms. The fourth-order valence-electron chi connectivity index (χ4n) is 1.65. The lowest BCUT2D eigenvalue weighted by atomic mass is 10.2. The van der Waals surface area contributed by atoms with Gasteiger partial charge in [-0.05, 0) is 6.92 Å². The van der Waals surface area contributed by atoms with Crippen LogP contribution in [0.5, 0.6) is 5.88 Å². The van der Waals surface area contributed by atoms with Gasteiger partial charge in [0.1, 0.15) is 5.56 Å². The number of ether oxygens (including phenoxy) is 1. The highest BCUT2D eigenvalue weighted by Crippen LogP contribution is 2.26. The average molecular weight is 196 g/mol. The van der Waals surface area contributed by atoms with Crippen LogP contribution < -0.4 is 4.74 Å². The first-order valence-corrected chi connectivity index (χ1v) is 4.53. The highest BCUT2D eigenvalue weighted by atomic mass is 16.5. The van der Waals surface area contributed by atoms with Gasteiger partial charge in [0.05, 0.1) is 18.8 Å². The van der Waals surface area contributed by atoms with E-state index in [1.807, 2.05) is 6.92 Å². The molecule has 5 nitrogen and oxygen atoms in total. The second-order valence-corrected chi connectivity index (χ2v) is 3.67. The molecule has 76 valence electrons. The third-order valence-corrected chi connectivity index (χ3v) is 2.28. The molecule has 1 aliphatic rings. The summed E-state index contributed by atoms with van der Waals surface area (Å²) in [6, 6.07) is 0. The number of aryl methyl sites for hydroxylation is 1. The summed E-state index contributed by atoms with van der Waals surface area (Å²) >= 11 is 0. The second kappa shape index (κ2) is 3.01. The van der Waals surface area contributed by atoms with Crippen LogP contribution in [0.4, 0.5) is 0 Å². The summed E-state index contributed by atoms with van der Waals surface area (Å²) in [5, 5.41) is 13.1. The van der Waals surface area contributed by atoms with E-state index in [2.05, 4.69) is 5.10 Å². The van der Waals surface area contributed by atoms with E-state index in [-0.39, 0.29) is 5.56 Å². The van der Waals surface area contributed by atoms with Crippen molar-refractivity contribution < 1.29 is 14.6 Å². The van der Waals surface area contributed by atoms with Crippen molar-refractivity contribution in [1.82, 2.24) is 9.78 Å². The molecule has 0 bridgehead atoms. The van der Waals surface area contributed by atoms with E-state index in [0.717, 1.165) is 6.54 Å². The first-order chi connectivity index (χ1) is 6.59. The second-order valence-electron chi connectivity index (χ2n) is 3.67. The molecule has 0 fully saturated rings. The summed E-state index contributed by atoms with van der Waals surface area (Å²) < 4.78 is 7.00. The maximum absolute atomic E-state index is 10.9. The van der Waals surface area contributed by atoms with Crippen molar-refractivity contribution in [3.05, 3.63) is 11.3 Å². The lowest BCUT2D eigenvalue weighted by Crippen LogP contribution is -2.24. The van der Waals surface area contributed by atoms with Gasteiger partial charge in [-0.15, -0.1) is 0 Å². The van der Waals surface area contributed by atoms with Crippen molar-refractivity contribution in [1.29, 1.82) is 0 Å². The Labute approximate surface area is 81.3 Å². The van der Waals surface area contributed by atoms with Gasteiger partial charge in [-0.3, -0.25) is 0 Å². The number of carboxylic acid groups (broad SMARTS) is 1. The fraction of sp³-hybridized carbons (Fsp3) is 0.556. The van der Waals surface area contributed by atoms with Gasteiger partial charge >= 0.3 is 5.97 Å². The molecule has 0 amide bonds. The van der Waals surface area contributed by atoms with Crippen LogP contribution in [-0.2, 0) is 6.54 Å². The molecule has 2 heterocycles. The monoisotopic (exact) mass is 196 g/mol. The van der Waals surface area contributed by atoms with Gasteiger partial charge in [0, 0.05) is 5.92 Å². The molecule has 2 rings (SSSR count). The predicted octanol–water partition coefficient (Wildman–Crippen LogP) is 0.918. The SMILES string of the molecule is Cc1nn2c(c1C(=O)O)OCC(C)C2. The maximum atomic E-state index is 10.9. The normalized spacial score (nSPS) is 20.0. The van der Waals surface area contributed by atoms with Crippen LogP contribution in [0.25, 0.3) is 0 Å². The maximum Gasteiger partial charge on any atom is 0.343 e. The highest BCUT2D eigenvalue weighted by Gasteiger charge is 2.26. The summed E-state index contributed by atoms with van der Waals surface area (Å²) in [5.41, 5.74) is 0.707. The molecular weight excluding hydrogens is 184 g/mol. The first-order valence-electron chi connectivity index (χ1n) is 4.53. The van der Waals surface area contributed by atoms with Crippen LogP contribution in [0.3, 0.4) is 0 Å². The summed E-state index contributed by atoms with van der Waals surface area (Å²) in [5.74, 6) is -0.199. The van der Waals surface area contributed by atoms with Gasteiger partial charge in [0.25, 0.3) is 0 Å². The van der Waals surface area contributed by atoms with Gasteiger partial charge < -0.3 is 9.84 Å². The van der Waals surface area contributed by atoms with E-state index >= 15 is 0 Å². The number of aromatic carboxylic acids is 1. The van der Waals surface area contributed by atoms with Crippen molar-refractivity contribution in [2.75, 3.05) is 6.61 Å². The Morgan fingerprint density at radius 3 is 3.07 bits per heavy atom. The minimum atomic E-state index is -0.974. The standard InChI is InChI=1S/C9H12N2O3/c1-5-3-11-8(14-4-5)7(9(12)13)6(2)10-11/h5H,3-4H2,1-2H3,(H,12,13). The van der Waals surface area contributed by atoms with Gasteiger partial charge in [0.2, 0.25) is 5.88 Å². The number of carbonyl (C=O) groups is 1. The Morgan fingerprint density at radius 2 is 2.43 bits per heavy atom. The number of aromatic nitrogens is 2. The van der Waals surface area contributed by atoms with Crippen molar-refractivity contribution in [3.8, 4) is 5.88 Å². The molecule has 1 aromatic rings. The van der Waals surface area contributed by atoms with E-state index in [9.17, 15) is 4.79 Å². The number of hydrogen-bond donors (Lipinski definition) is 1. The minimum absolute atomic E-state index is 0.192. The molecule has 1 atom stereocenters. The van der Waals surface area contributed by atoms with Crippen molar-refractivity contribution in [2.24, 2.45) is 5.92 Å². The zero-order chi connectivity index (χ0) is 10.3. The fourth-order valence-corrected chi connectivity index (χ4v) is 1.65. The Bertz CT molecular complexity index is 384. The Balaban J connectivity index is 2.49. The third kappa shape index (κ3) is 1.25. The van der Waals surface area contributed by atoms with Crippen molar-refractivity contribution in [2.45, 2.75) is 20.4 Å². The van der Waals surface area contributed by atoms with Crippen LogP contribution in [0.2, 0.25) is 0 Å². The van der Waals surface area contributed by atoms with Crippen LogP contribution >= 0.6 is 0 Å². The van der Waals surface area contributed by atoms with E-state index < -0.39 is 5.97 Å². The Kier molecular flexibility index (Phi) is 1.94. The third-order valence-electron chi connectivity index (χ3n) is 2.28. The zero-order valence-corrected chi connectivity index (χ0v) is 8.15. The summed E-state index contributed by atoms with van der Waals surface area (Å²) in [4.78, 5) is 10.9. The van der Waals surface area contributed by atoms with E-state index in [0.29, 0.717) is 24.1 Å². The molecule has 1 aliphatic heterocycles. The van der Waals surface area contributed by atoms with Gasteiger partial charge in [-0.2, -0.15) is 5.10 Å². The van der Waals surface area contributed by atoms with Crippen molar-refractivity contribution in [3.63, 3.8) is 0 Å². The molecule has 0 spiro atoms.